The number of rotatable bonds is 5. The molecule has 6 nitrogen and oxygen atoms in total. The Bertz CT molecular complexity index is 836. The zero-order valence-electron chi connectivity index (χ0n) is 13.9. The van der Waals surface area contributed by atoms with Gasteiger partial charge in [0.05, 0.1) is 16.8 Å². The molecule has 1 aromatic carbocycles. The predicted molar refractivity (Wildman–Crippen MR) is 92.5 cm³/mol. The van der Waals surface area contributed by atoms with Crippen molar-refractivity contribution in [2.75, 3.05) is 5.75 Å². The van der Waals surface area contributed by atoms with Gasteiger partial charge in [0, 0.05) is 6.04 Å². The Labute approximate surface area is 142 Å². The molecule has 1 heterocycles. The minimum absolute atomic E-state index is 0.0222. The maximum absolute atomic E-state index is 12.4. The van der Waals surface area contributed by atoms with Crippen LogP contribution in [0.5, 0.6) is 0 Å². The van der Waals surface area contributed by atoms with Crippen LogP contribution in [0.2, 0.25) is 0 Å². The molecule has 0 spiro atoms. The number of nitrogens with one attached hydrogen (secondary N) is 1. The summed E-state index contributed by atoms with van der Waals surface area (Å²) in [6.45, 7) is 1.56. The number of carbonyl (C=O) groups excluding carboxylic acids is 1. The Hall–Kier alpha value is -1.89. The van der Waals surface area contributed by atoms with Crippen molar-refractivity contribution in [2.45, 2.75) is 56.8 Å². The van der Waals surface area contributed by atoms with Gasteiger partial charge in [0.25, 0.3) is 0 Å². The van der Waals surface area contributed by atoms with E-state index in [-0.39, 0.29) is 29.4 Å². The Balaban J connectivity index is 1.89. The van der Waals surface area contributed by atoms with Crippen molar-refractivity contribution in [1.82, 2.24) is 14.9 Å². The first-order chi connectivity index (χ1) is 11.5. The molecule has 1 aliphatic carbocycles. The molecule has 0 bridgehead atoms. The standard InChI is InChI=1S/C17H23N3O3S/c1-2-24(22,23)17-19-14-10-6-7-11-15(14)20(17)12-16(21)18-13-8-4-3-5-9-13/h6-7,10-11,13H,2-5,8-9,12H2,1H3,(H,18,21). The average Bonchev–Trinajstić information content (AvgIpc) is 2.95. The molecule has 1 aliphatic rings. The van der Waals surface area contributed by atoms with Crippen LogP contribution < -0.4 is 5.32 Å². The molecule has 1 N–H and O–H groups in total. The van der Waals surface area contributed by atoms with E-state index in [1.807, 2.05) is 12.1 Å². The number of imidazole rings is 1. The maximum Gasteiger partial charge on any atom is 0.240 e. The summed E-state index contributed by atoms with van der Waals surface area (Å²) < 4.78 is 26.2. The van der Waals surface area contributed by atoms with Crippen LogP contribution >= 0.6 is 0 Å². The third-order valence-corrected chi connectivity index (χ3v) is 6.18. The number of amides is 1. The van der Waals surface area contributed by atoms with Crippen molar-refractivity contribution in [2.24, 2.45) is 0 Å². The summed E-state index contributed by atoms with van der Waals surface area (Å²) in [5, 5.41) is 3.01. The minimum atomic E-state index is -3.50. The second-order valence-corrected chi connectivity index (χ2v) is 8.45. The molecule has 3 rings (SSSR count). The maximum atomic E-state index is 12.4. The summed E-state index contributed by atoms with van der Waals surface area (Å²) >= 11 is 0. The lowest BCUT2D eigenvalue weighted by Crippen LogP contribution is -2.38. The van der Waals surface area contributed by atoms with Gasteiger partial charge in [0.1, 0.15) is 6.54 Å². The summed E-state index contributed by atoms with van der Waals surface area (Å²) in [6.07, 6.45) is 5.48. The normalized spacial score (nSPS) is 16.4. The number of carbonyl (C=O) groups is 1. The molecule has 0 radical (unpaired) electrons. The Morgan fingerprint density at radius 3 is 2.67 bits per heavy atom. The third-order valence-electron chi connectivity index (χ3n) is 4.55. The highest BCUT2D eigenvalue weighted by Gasteiger charge is 2.24. The minimum Gasteiger partial charge on any atom is -0.352 e. The van der Waals surface area contributed by atoms with Gasteiger partial charge < -0.3 is 9.88 Å². The SMILES string of the molecule is CCS(=O)(=O)c1nc2ccccc2n1CC(=O)NC1CCCCC1. The fourth-order valence-electron chi connectivity index (χ4n) is 3.24. The van der Waals surface area contributed by atoms with Gasteiger partial charge in [-0.25, -0.2) is 13.4 Å². The van der Waals surface area contributed by atoms with E-state index in [0.29, 0.717) is 11.0 Å². The van der Waals surface area contributed by atoms with Gasteiger partial charge in [-0.3, -0.25) is 4.79 Å². The number of para-hydroxylation sites is 2. The van der Waals surface area contributed by atoms with Crippen molar-refractivity contribution in [3.05, 3.63) is 24.3 Å². The lowest BCUT2D eigenvalue weighted by Gasteiger charge is -2.23. The van der Waals surface area contributed by atoms with E-state index >= 15 is 0 Å². The molecule has 0 aliphatic heterocycles. The molecule has 130 valence electrons. The van der Waals surface area contributed by atoms with Crippen LogP contribution in [-0.4, -0.2) is 35.7 Å². The summed E-state index contributed by atoms with van der Waals surface area (Å²) in [5.41, 5.74) is 1.26. The van der Waals surface area contributed by atoms with Crippen LogP contribution in [0.3, 0.4) is 0 Å². The molecule has 0 saturated heterocycles. The van der Waals surface area contributed by atoms with E-state index in [2.05, 4.69) is 10.3 Å². The molecule has 1 saturated carbocycles. The summed E-state index contributed by atoms with van der Waals surface area (Å²) in [6, 6.07) is 7.39. The van der Waals surface area contributed by atoms with E-state index in [0.717, 1.165) is 25.7 Å². The fraction of sp³-hybridized carbons (Fsp3) is 0.529. The van der Waals surface area contributed by atoms with Gasteiger partial charge in [-0.15, -0.1) is 0 Å². The zero-order chi connectivity index (χ0) is 17.2. The van der Waals surface area contributed by atoms with E-state index < -0.39 is 9.84 Å². The van der Waals surface area contributed by atoms with Crippen LogP contribution in [0.25, 0.3) is 11.0 Å². The molecule has 0 atom stereocenters. The van der Waals surface area contributed by atoms with Crippen LogP contribution in [0, 0.1) is 0 Å². The molecular formula is C17H23N3O3S. The lowest BCUT2D eigenvalue weighted by atomic mass is 9.95. The molecule has 24 heavy (non-hydrogen) atoms. The number of aromatic nitrogens is 2. The first kappa shape index (κ1) is 17.0. The number of hydrogen-bond donors (Lipinski definition) is 1. The van der Waals surface area contributed by atoms with Crippen molar-refractivity contribution in [3.8, 4) is 0 Å². The smallest absolute Gasteiger partial charge is 0.240 e. The number of sulfone groups is 1. The van der Waals surface area contributed by atoms with Gasteiger partial charge in [0.2, 0.25) is 20.9 Å². The predicted octanol–water partition coefficient (Wildman–Crippen LogP) is 2.28. The second kappa shape index (κ2) is 6.93. The summed E-state index contributed by atoms with van der Waals surface area (Å²) in [4.78, 5) is 16.7. The highest BCUT2D eigenvalue weighted by atomic mass is 32.2. The van der Waals surface area contributed by atoms with E-state index in [1.165, 1.54) is 11.0 Å². The van der Waals surface area contributed by atoms with E-state index in [9.17, 15) is 13.2 Å². The van der Waals surface area contributed by atoms with Crippen LogP contribution in [-0.2, 0) is 21.2 Å². The molecule has 2 aromatic rings. The molecular weight excluding hydrogens is 326 g/mol. The third kappa shape index (κ3) is 3.45. The fourth-order valence-corrected chi connectivity index (χ4v) is 4.23. The topological polar surface area (TPSA) is 81.1 Å². The first-order valence-corrected chi connectivity index (χ1v) is 10.1. The van der Waals surface area contributed by atoms with Crippen molar-refractivity contribution in [1.29, 1.82) is 0 Å². The average molecular weight is 349 g/mol. The summed E-state index contributed by atoms with van der Waals surface area (Å²) in [5.74, 6) is -0.196. The Morgan fingerprint density at radius 1 is 1.25 bits per heavy atom. The number of fused-ring (bicyclic) bond motifs is 1. The molecule has 1 fully saturated rings. The van der Waals surface area contributed by atoms with Crippen molar-refractivity contribution in [3.63, 3.8) is 0 Å². The largest absolute Gasteiger partial charge is 0.352 e. The van der Waals surface area contributed by atoms with Gasteiger partial charge >= 0.3 is 0 Å². The van der Waals surface area contributed by atoms with Crippen LogP contribution in [0.4, 0.5) is 0 Å². The highest BCUT2D eigenvalue weighted by Crippen LogP contribution is 2.21. The first-order valence-electron chi connectivity index (χ1n) is 8.48. The van der Waals surface area contributed by atoms with E-state index in [4.69, 9.17) is 0 Å². The number of benzene rings is 1. The second-order valence-electron chi connectivity index (χ2n) is 6.28. The molecule has 0 unspecified atom stereocenters. The lowest BCUT2D eigenvalue weighted by molar-refractivity contribution is -0.122. The molecule has 7 heteroatoms. The van der Waals surface area contributed by atoms with Crippen molar-refractivity contribution < 1.29 is 13.2 Å². The van der Waals surface area contributed by atoms with Gasteiger partial charge in [0.15, 0.2) is 0 Å². The Kier molecular flexibility index (Phi) is 4.89. The summed E-state index contributed by atoms with van der Waals surface area (Å²) in [7, 11) is -3.50. The highest BCUT2D eigenvalue weighted by molar-refractivity contribution is 7.91. The van der Waals surface area contributed by atoms with Gasteiger partial charge in [-0.05, 0) is 25.0 Å². The molecule has 1 amide bonds. The molecule has 1 aromatic heterocycles. The zero-order valence-corrected chi connectivity index (χ0v) is 14.7. The van der Waals surface area contributed by atoms with Crippen molar-refractivity contribution >= 4 is 26.8 Å². The monoisotopic (exact) mass is 349 g/mol. The quantitative estimate of drug-likeness (QED) is 0.898. The van der Waals surface area contributed by atoms with Gasteiger partial charge in [-0.2, -0.15) is 0 Å². The van der Waals surface area contributed by atoms with Crippen LogP contribution in [0.1, 0.15) is 39.0 Å². The number of nitrogens with zero attached hydrogens (tertiary/aromatic N) is 2. The van der Waals surface area contributed by atoms with E-state index in [1.54, 1.807) is 19.1 Å². The van der Waals surface area contributed by atoms with Crippen LogP contribution in [0.15, 0.2) is 29.4 Å². The number of hydrogen-bond acceptors (Lipinski definition) is 4. The van der Waals surface area contributed by atoms with Gasteiger partial charge in [-0.1, -0.05) is 38.3 Å². The Morgan fingerprint density at radius 2 is 1.96 bits per heavy atom.